The molecule has 0 aliphatic heterocycles. The highest BCUT2D eigenvalue weighted by Crippen LogP contribution is 2.29. The number of pyridine rings is 1. The van der Waals surface area contributed by atoms with E-state index in [1.807, 2.05) is 6.20 Å². The van der Waals surface area contributed by atoms with E-state index in [4.69, 9.17) is 0 Å². The summed E-state index contributed by atoms with van der Waals surface area (Å²) in [4.78, 5) is 16.2. The highest BCUT2D eigenvalue weighted by molar-refractivity contribution is 5.73. The number of hydrogen-bond donors (Lipinski definition) is 3. The van der Waals surface area contributed by atoms with Gasteiger partial charge in [-0.3, -0.25) is 9.78 Å². The molecule has 0 bridgehead atoms. The van der Waals surface area contributed by atoms with Crippen molar-refractivity contribution in [3.63, 3.8) is 0 Å². The molecule has 0 saturated heterocycles. The second kappa shape index (κ2) is 10.1. The monoisotopic (exact) mass is 417 g/mol. The number of aliphatic hydroxyl groups is 1. The fourth-order valence-electron chi connectivity index (χ4n) is 4.03. The first kappa shape index (κ1) is 22.3. The predicted molar refractivity (Wildman–Crippen MR) is 111 cm³/mol. The van der Waals surface area contributed by atoms with E-state index in [0.29, 0.717) is 5.56 Å². The highest BCUT2D eigenvalue weighted by Gasteiger charge is 2.25. The van der Waals surface area contributed by atoms with E-state index < -0.39 is 23.8 Å². The lowest BCUT2D eigenvalue weighted by atomic mass is 9.89. The third kappa shape index (κ3) is 5.83. The molecule has 30 heavy (non-hydrogen) atoms. The first-order valence-electron chi connectivity index (χ1n) is 10.5. The minimum atomic E-state index is -0.923. The van der Waals surface area contributed by atoms with Gasteiger partial charge in [-0.15, -0.1) is 0 Å². The minimum Gasteiger partial charge on any atom is -0.390 e. The van der Waals surface area contributed by atoms with Crippen LogP contribution in [0.25, 0.3) is 0 Å². The fraction of sp³-hybridized carbons (Fsp3) is 0.478. The Morgan fingerprint density at radius 1 is 1.23 bits per heavy atom. The SMILES string of the molecule is CCc1cnc2c(c1)[C@H](NC[C@H](O)[C@H](Cc1cc(F)cc(F)c1)NC(C)=O)CCC2. The molecule has 1 aromatic carbocycles. The van der Waals surface area contributed by atoms with Gasteiger partial charge >= 0.3 is 0 Å². The standard InChI is InChI=1S/C23H29F2N3O2/c1-3-15-9-19-20(26-12-15)5-4-6-21(19)27-13-23(30)22(28-14(2)29)10-16-7-17(24)11-18(25)8-16/h7-9,11-12,21-23,27,30H,3-6,10,13H2,1-2H3,(H,28,29)/t21-,22+,23+/m1/s1. The number of carbonyl (C=O) groups excluding carboxylic acids is 1. The quantitative estimate of drug-likeness (QED) is 0.617. The number of aliphatic hydroxyl groups excluding tert-OH is 1. The van der Waals surface area contributed by atoms with Gasteiger partial charge in [0.1, 0.15) is 11.6 Å². The number of halogens is 2. The van der Waals surface area contributed by atoms with Crippen LogP contribution in [0.5, 0.6) is 0 Å². The third-order valence-corrected chi connectivity index (χ3v) is 5.55. The van der Waals surface area contributed by atoms with Crippen molar-refractivity contribution in [1.29, 1.82) is 0 Å². The molecule has 0 spiro atoms. The summed E-state index contributed by atoms with van der Waals surface area (Å²) < 4.78 is 27.1. The van der Waals surface area contributed by atoms with Gasteiger partial charge in [0.25, 0.3) is 0 Å². The van der Waals surface area contributed by atoms with Crippen LogP contribution in [0, 0.1) is 11.6 Å². The van der Waals surface area contributed by atoms with Crippen LogP contribution in [-0.4, -0.2) is 34.7 Å². The Morgan fingerprint density at radius 3 is 2.63 bits per heavy atom. The third-order valence-electron chi connectivity index (χ3n) is 5.55. The zero-order chi connectivity index (χ0) is 21.7. The van der Waals surface area contributed by atoms with Crippen molar-refractivity contribution < 1.29 is 18.7 Å². The van der Waals surface area contributed by atoms with E-state index in [2.05, 4.69) is 28.6 Å². The second-order valence-corrected chi connectivity index (χ2v) is 7.94. The molecule has 5 nitrogen and oxygen atoms in total. The molecule has 2 aromatic rings. The number of carbonyl (C=O) groups is 1. The first-order valence-corrected chi connectivity index (χ1v) is 10.5. The maximum atomic E-state index is 13.5. The van der Waals surface area contributed by atoms with Crippen LogP contribution in [0.2, 0.25) is 0 Å². The lowest BCUT2D eigenvalue weighted by molar-refractivity contribution is -0.120. The number of aryl methyl sites for hydroxylation is 2. The molecule has 0 saturated carbocycles. The maximum Gasteiger partial charge on any atom is 0.217 e. The van der Waals surface area contributed by atoms with Gasteiger partial charge < -0.3 is 15.7 Å². The van der Waals surface area contributed by atoms with Gasteiger partial charge in [-0.2, -0.15) is 0 Å². The number of benzene rings is 1. The van der Waals surface area contributed by atoms with Gasteiger partial charge in [-0.05, 0) is 60.9 Å². The summed E-state index contributed by atoms with van der Waals surface area (Å²) in [6, 6.07) is 4.81. The molecular weight excluding hydrogens is 388 g/mol. The molecule has 1 aliphatic carbocycles. The van der Waals surface area contributed by atoms with Crippen molar-refractivity contribution in [2.45, 2.75) is 64.1 Å². The molecule has 3 N–H and O–H groups in total. The van der Waals surface area contributed by atoms with Crippen LogP contribution in [0.1, 0.15) is 55.1 Å². The summed E-state index contributed by atoms with van der Waals surface area (Å²) in [5, 5.41) is 16.9. The second-order valence-electron chi connectivity index (χ2n) is 7.94. The average molecular weight is 418 g/mol. The van der Waals surface area contributed by atoms with Crippen molar-refractivity contribution in [2.24, 2.45) is 0 Å². The first-order chi connectivity index (χ1) is 14.4. The molecular formula is C23H29F2N3O2. The summed E-state index contributed by atoms with van der Waals surface area (Å²) >= 11 is 0. The van der Waals surface area contributed by atoms with Crippen molar-refractivity contribution in [1.82, 2.24) is 15.6 Å². The lowest BCUT2D eigenvalue weighted by Gasteiger charge is -2.29. The Labute approximate surface area is 175 Å². The van der Waals surface area contributed by atoms with Gasteiger partial charge in [0, 0.05) is 37.5 Å². The Balaban J connectivity index is 1.69. The van der Waals surface area contributed by atoms with Crippen molar-refractivity contribution in [2.75, 3.05) is 6.54 Å². The van der Waals surface area contributed by atoms with Gasteiger partial charge in [-0.25, -0.2) is 8.78 Å². The predicted octanol–water partition coefficient (Wildman–Crippen LogP) is 3.00. The Morgan fingerprint density at radius 2 is 1.97 bits per heavy atom. The summed E-state index contributed by atoms with van der Waals surface area (Å²) in [6.45, 7) is 3.68. The number of nitrogens with zero attached hydrogens (tertiary/aromatic N) is 1. The Hall–Kier alpha value is -2.38. The molecule has 0 radical (unpaired) electrons. The van der Waals surface area contributed by atoms with Gasteiger partial charge in [0.2, 0.25) is 5.91 Å². The largest absolute Gasteiger partial charge is 0.390 e. The highest BCUT2D eigenvalue weighted by atomic mass is 19.1. The minimum absolute atomic E-state index is 0.0759. The van der Waals surface area contributed by atoms with E-state index in [1.165, 1.54) is 24.6 Å². The van der Waals surface area contributed by atoms with Crippen LogP contribution in [-0.2, 0) is 24.1 Å². The zero-order valence-corrected chi connectivity index (χ0v) is 17.4. The molecule has 3 rings (SSSR count). The normalized spacial score (nSPS) is 17.8. The number of fused-ring (bicyclic) bond motifs is 1. The maximum absolute atomic E-state index is 13.5. The Kier molecular flexibility index (Phi) is 7.50. The van der Waals surface area contributed by atoms with E-state index in [9.17, 15) is 18.7 Å². The van der Waals surface area contributed by atoms with Crippen molar-refractivity contribution in [3.05, 3.63) is 64.5 Å². The van der Waals surface area contributed by atoms with Crippen LogP contribution in [0.4, 0.5) is 8.78 Å². The van der Waals surface area contributed by atoms with Crippen LogP contribution >= 0.6 is 0 Å². The zero-order valence-electron chi connectivity index (χ0n) is 17.4. The summed E-state index contributed by atoms with van der Waals surface area (Å²) in [6.07, 6.45) is 4.92. The number of amides is 1. The fourth-order valence-corrected chi connectivity index (χ4v) is 4.03. The lowest BCUT2D eigenvalue weighted by Crippen LogP contribution is -2.48. The van der Waals surface area contributed by atoms with Crippen molar-refractivity contribution in [3.8, 4) is 0 Å². The van der Waals surface area contributed by atoms with Gasteiger partial charge in [0.15, 0.2) is 0 Å². The molecule has 1 aromatic heterocycles. The molecule has 3 atom stereocenters. The average Bonchev–Trinajstić information content (AvgIpc) is 2.70. The molecule has 0 fully saturated rings. The van der Waals surface area contributed by atoms with E-state index in [1.54, 1.807) is 0 Å². The number of rotatable bonds is 8. The molecule has 1 aliphatic rings. The van der Waals surface area contributed by atoms with Gasteiger partial charge in [-0.1, -0.05) is 13.0 Å². The van der Waals surface area contributed by atoms with E-state index in [-0.39, 0.29) is 24.9 Å². The molecule has 162 valence electrons. The van der Waals surface area contributed by atoms with Crippen LogP contribution in [0.15, 0.2) is 30.5 Å². The summed E-state index contributed by atoms with van der Waals surface area (Å²) in [5.74, 6) is -1.68. The Bertz CT molecular complexity index is 870. The summed E-state index contributed by atoms with van der Waals surface area (Å²) in [5.41, 5.74) is 3.80. The molecule has 7 heteroatoms. The van der Waals surface area contributed by atoms with Crippen LogP contribution < -0.4 is 10.6 Å². The van der Waals surface area contributed by atoms with Crippen molar-refractivity contribution >= 4 is 5.91 Å². The number of nitrogens with one attached hydrogen (secondary N) is 2. The van der Waals surface area contributed by atoms with Gasteiger partial charge in [0.05, 0.1) is 12.1 Å². The van der Waals surface area contributed by atoms with E-state index in [0.717, 1.165) is 43.0 Å². The molecule has 0 unspecified atom stereocenters. The topological polar surface area (TPSA) is 74.2 Å². The smallest absolute Gasteiger partial charge is 0.217 e. The summed E-state index contributed by atoms with van der Waals surface area (Å²) in [7, 11) is 0. The number of aromatic nitrogens is 1. The number of hydrogen-bond acceptors (Lipinski definition) is 4. The molecule has 1 amide bonds. The van der Waals surface area contributed by atoms with E-state index >= 15 is 0 Å². The van der Waals surface area contributed by atoms with Crippen LogP contribution in [0.3, 0.4) is 0 Å². The molecule has 1 heterocycles.